The Morgan fingerprint density at radius 3 is 1.56 bits per heavy atom. The van der Waals surface area contributed by atoms with Gasteiger partial charge in [0.05, 0.1) is 45.2 Å². The highest BCUT2D eigenvalue weighted by atomic mass is 16.3. The standard InChI is InChI=1S/C69H43N5O/c1-69(2)55-25-11-5-19-43(55)49-34-42(31-32-56(49)69)65-67(72-57-26-12-6-20-44(57)45-21-7-13-27-58(45)72)53(38-70)66(54(39-71)68(65)73-59-28-14-8-22-46(59)47-23-9-15-29-60(47)73)74-61-35-41-18-4-3-17-40(41)33-50(61)51-37-64-52(36-62(51)74)48-24-10-16-30-63(48)75-64/h3-37,50,61H,1-2H3. The van der Waals surface area contributed by atoms with Crippen molar-refractivity contribution in [2.24, 2.45) is 0 Å². The largest absolute Gasteiger partial charge is 0.456 e. The summed E-state index contributed by atoms with van der Waals surface area (Å²) in [5.74, 6) is -0.140. The number of aromatic nitrogens is 2. The van der Waals surface area contributed by atoms with Gasteiger partial charge in [0, 0.05) is 54.9 Å². The number of furan rings is 1. The average molecular weight is 958 g/mol. The molecule has 6 nitrogen and oxygen atoms in total. The van der Waals surface area contributed by atoms with Crippen molar-refractivity contribution >= 4 is 89.1 Å². The van der Waals surface area contributed by atoms with Crippen molar-refractivity contribution in [2.75, 3.05) is 4.90 Å². The van der Waals surface area contributed by atoms with Crippen LogP contribution >= 0.6 is 0 Å². The Balaban J connectivity index is 1.15. The zero-order valence-corrected chi connectivity index (χ0v) is 41.0. The second-order valence-corrected chi connectivity index (χ2v) is 20.9. The molecule has 350 valence electrons. The van der Waals surface area contributed by atoms with Gasteiger partial charge in [-0.15, -0.1) is 0 Å². The summed E-state index contributed by atoms with van der Waals surface area (Å²) in [5, 5.41) is 33.6. The van der Waals surface area contributed by atoms with Crippen LogP contribution in [0.2, 0.25) is 0 Å². The van der Waals surface area contributed by atoms with E-state index >= 15 is 0 Å². The van der Waals surface area contributed by atoms with Crippen molar-refractivity contribution < 1.29 is 4.42 Å². The first kappa shape index (κ1) is 41.7. The Kier molecular flexibility index (Phi) is 8.39. The molecule has 3 aromatic heterocycles. The first-order valence-electron chi connectivity index (χ1n) is 25.7. The molecule has 0 saturated carbocycles. The molecule has 16 rings (SSSR count). The minimum atomic E-state index is -0.312. The maximum Gasteiger partial charge on any atom is 0.135 e. The summed E-state index contributed by atoms with van der Waals surface area (Å²) < 4.78 is 11.3. The van der Waals surface area contributed by atoms with Gasteiger partial charge in [-0.25, -0.2) is 0 Å². The molecule has 1 aliphatic heterocycles. The Morgan fingerprint density at radius 2 is 0.960 bits per heavy atom. The summed E-state index contributed by atoms with van der Waals surface area (Å²) in [6.07, 6.45) is 4.71. The van der Waals surface area contributed by atoms with Gasteiger partial charge in [-0.2, -0.15) is 10.5 Å². The van der Waals surface area contributed by atoms with Gasteiger partial charge >= 0.3 is 0 Å². The normalized spacial score (nSPS) is 15.9. The van der Waals surface area contributed by atoms with Crippen molar-refractivity contribution in [1.82, 2.24) is 9.13 Å². The Labute approximate surface area is 431 Å². The van der Waals surface area contributed by atoms with Crippen LogP contribution in [0.1, 0.15) is 47.6 Å². The van der Waals surface area contributed by atoms with Crippen LogP contribution in [0, 0.1) is 22.7 Å². The predicted molar refractivity (Wildman–Crippen MR) is 305 cm³/mol. The summed E-state index contributed by atoms with van der Waals surface area (Å²) in [6, 6.07) is 76.4. The lowest BCUT2D eigenvalue weighted by atomic mass is 9.82. The van der Waals surface area contributed by atoms with E-state index in [0.29, 0.717) is 28.2 Å². The molecule has 2 atom stereocenters. The van der Waals surface area contributed by atoms with Crippen molar-refractivity contribution in [3.8, 4) is 45.8 Å². The first-order chi connectivity index (χ1) is 36.9. The van der Waals surface area contributed by atoms with E-state index in [1.807, 2.05) is 12.1 Å². The van der Waals surface area contributed by atoms with Gasteiger partial charge in [0.25, 0.3) is 0 Å². The number of nitriles is 2. The summed E-state index contributed by atoms with van der Waals surface area (Å²) in [4.78, 5) is 2.34. The number of benzene rings is 10. The number of hydrogen-bond donors (Lipinski definition) is 0. The molecule has 75 heavy (non-hydrogen) atoms. The molecule has 0 bridgehead atoms. The van der Waals surface area contributed by atoms with E-state index in [0.717, 1.165) is 104 Å². The molecule has 13 aromatic rings. The number of hydrogen-bond acceptors (Lipinski definition) is 4. The van der Waals surface area contributed by atoms with Crippen LogP contribution in [0.25, 0.3) is 111 Å². The lowest BCUT2D eigenvalue weighted by Crippen LogP contribution is -2.38. The van der Waals surface area contributed by atoms with Gasteiger partial charge < -0.3 is 18.5 Å². The van der Waals surface area contributed by atoms with Gasteiger partial charge in [-0.3, -0.25) is 0 Å². The van der Waals surface area contributed by atoms with E-state index in [2.05, 4.69) is 240 Å². The van der Waals surface area contributed by atoms with E-state index in [4.69, 9.17) is 4.42 Å². The fraction of sp³-hybridized carbons (Fsp3) is 0.0725. The van der Waals surface area contributed by atoms with Crippen molar-refractivity contribution in [3.63, 3.8) is 0 Å². The van der Waals surface area contributed by atoms with Crippen molar-refractivity contribution in [2.45, 2.75) is 31.2 Å². The zero-order valence-electron chi connectivity index (χ0n) is 41.0. The van der Waals surface area contributed by atoms with Gasteiger partial charge in [-0.05, 0) is 92.3 Å². The lowest BCUT2D eigenvalue weighted by Gasteiger charge is -2.33. The molecule has 0 radical (unpaired) electrons. The fourth-order valence-electron chi connectivity index (χ4n) is 13.7. The molecular formula is C69H43N5O. The summed E-state index contributed by atoms with van der Waals surface area (Å²) in [6.45, 7) is 4.61. The highest BCUT2D eigenvalue weighted by Crippen LogP contribution is 2.57. The molecule has 10 aromatic carbocycles. The van der Waals surface area contributed by atoms with Gasteiger partial charge in [-0.1, -0.05) is 178 Å². The lowest BCUT2D eigenvalue weighted by molar-refractivity contribution is 0.660. The van der Waals surface area contributed by atoms with E-state index in [-0.39, 0.29) is 17.4 Å². The van der Waals surface area contributed by atoms with Crippen LogP contribution in [-0.4, -0.2) is 15.2 Å². The maximum absolute atomic E-state index is 12.6. The third-order valence-corrected chi connectivity index (χ3v) is 16.9. The molecule has 0 saturated heterocycles. The van der Waals surface area contributed by atoms with Crippen LogP contribution in [0.5, 0.6) is 0 Å². The monoisotopic (exact) mass is 957 g/mol. The average Bonchev–Trinajstić information content (AvgIpc) is 4.35. The highest BCUT2D eigenvalue weighted by Gasteiger charge is 2.44. The van der Waals surface area contributed by atoms with E-state index < -0.39 is 0 Å². The number of anilines is 2. The van der Waals surface area contributed by atoms with Gasteiger partial charge in [0.15, 0.2) is 0 Å². The second-order valence-electron chi connectivity index (χ2n) is 20.9. The molecule has 0 amide bonds. The molecule has 3 aliphatic rings. The predicted octanol–water partition coefficient (Wildman–Crippen LogP) is 15.4. The number of fused-ring (bicyclic) bond motifs is 16. The molecule has 0 spiro atoms. The van der Waals surface area contributed by atoms with Crippen molar-refractivity contribution in [1.29, 1.82) is 10.5 Å². The number of rotatable bonds is 4. The minimum absolute atomic E-state index is 0.140. The number of nitrogens with zero attached hydrogens (tertiary/aromatic N) is 5. The fourth-order valence-corrected chi connectivity index (χ4v) is 13.7. The topological polar surface area (TPSA) is 73.8 Å². The molecular weight excluding hydrogens is 915 g/mol. The first-order valence-corrected chi connectivity index (χ1v) is 25.7. The molecule has 2 unspecified atom stereocenters. The van der Waals surface area contributed by atoms with Crippen LogP contribution in [-0.2, 0) is 5.41 Å². The zero-order chi connectivity index (χ0) is 49.8. The van der Waals surface area contributed by atoms with E-state index in [1.165, 1.54) is 16.7 Å². The van der Waals surface area contributed by atoms with E-state index in [9.17, 15) is 10.5 Å². The molecule has 6 heteroatoms. The van der Waals surface area contributed by atoms with Crippen LogP contribution in [0.15, 0.2) is 205 Å². The maximum atomic E-state index is 12.6. The molecule has 0 fully saturated rings. The Hall–Kier alpha value is -9.88. The molecule has 0 N–H and O–H groups in total. The van der Waals surface area contributed by atoms with Crippen LogP contribution < -0.4 is 15.3 Å². The number of para-hydroxylation sites is 5. The Bertz CT molecular complexity index is 4670. The third kappa shape index (κ3) is 5.50. The minimum Gasteiger partial charge on any atom is -0.456 e. The van der Waals surface area contributed by atoms with Crippen LogP contribution in [0.4, 0.5) is 11.4 Å². The third-order valence-electron chi connectivity index (χ3n) is 16.9. The van der Waals surface area contributed by atoms with Crippen molar-refractivity contribution in [3.05, 3.63) is 238 Å². The van der Waals surface area contributed by atoms with Gasteiger partial charge in [0.2, 0.25) is 0 Å². The van der Waals surface area contributed by atoms with E-state index in [1.54, 1.807) is 0 Å². The Morgan fingerprint density at radius 1 is 0.453 bits per heavy atom. The van der Waals surface area contributed by atoms with Gasteiger partial charge in [0.1, 0.15) is 34.4 Å². The summed E-state index contributed by atoms with van der Waals surface area (Å²) in [5.41, 5.74) is 16.6. The second kappa shape index (κ2) is 15.1. The SMILES string of the molecule is CC1(C)c2ccccc2-c2cc(-c3c(-n4c5ccccc5c5ccccc54)c(C#N)c(N4c5cc6c(cc5C5C=c7ccccc7=CC54)oc4ccccc46)c(C#N)c3-n3c4ccccc4c4ccccc43)ccc21. The summed E-state index contributed by atoms with van der Waals surface area (Å²) in [7, 11) is 0. The molecule has 2 aliphatic carbocycles. The summed E-state index contributed by atoms with van der Waals surface area (Å²) >= 11 is 0. The quantitative estimate of drug-likeness (QED) is 0.176. The van der Waals surface area contributed by atoms with Crippen LogP contribution in [0.3, 0.4) is 0 Å². The highest BCUT2D eigenvalue weighted by molar-refractivity contribution is 6.14. The molecule has 4 heterocycles. The smallest absolute Gasteiger partial charge is 0.135 e.